The summed E-state index contributed by atoms with van der Waals surface area (Å²) in [5.74, 6) is -0.250. The van der Waals surface area contributed by atoms with Gasteiger partial charge in [0.25, 0.3) is 0 Å². The second kappa shape index (κ2) is 7.05. The van der Waals surface area contributed by atoms with E-state index in [2.05, 4.69) is 9.89 Å². The summed E-state index contributed by atoms with van der Waals surface area (Å²) >= 11 is 0. The van der Waals surface area contributed by atoms with E-state index in [4.69, 9.17) is 10.6 Å². The summed E-state index contributed by atoms with van der Waals surface area (Å²) in [7, 11) is 0. The first-order valence-corrected chi connectivity index (χ1v) is 5.12. The minimum absolute atomic E-state index is 0.235. The highest BCUT2D eigenvalue weighted by atomic mass is 16.6. The van der Waals surface area contributed by atoms with Crippen LogP contribution in [0.3, 0.4) is 0 Å². The fourth-order valence-electron chi connectivity index (χ4n) is 1.03. The molecule has 0 amide bonds. The number of nitrogens with zero attached hydrogens (tertiary/aromatic N) is 1. The Hall–Kier alpha value is -2.30. The molecular formula is C12H14N2O3. The normalized spacial score (nSPS) is 11.5. The Bertz CT molecular complexity index is 413. The molecule has 0 aliphatic heterocycles. The van der Waals surface area contributed by atoms with Crippen LogP contribution >= 0.6 is 0 Å². The lowest BCUT2D eigenvalue weighted by Crippen LogP contribution is -2.13. The predicted octanol–water partition coefficient (Wildman–Crippen LogP) is 1.40. The molecular weight excluding hydrogens is 220 g/mol. The van der Waals surface area contributed by atoms with Gasteiger partial charge in [-0.3, -0.25) is 0 Å². The lowest BCUT2D eigenvalue weighted by atomic mass is 10.2. The highest BCUT2D eigenvalue weighted by Crippen LogP contribution is 1.98. The Morgan fingerprint density at radius 2 is 2.12 bits per heavy atom. The van der Waals surface area contributed by atoms with Gasteiger partial charge < -0.3 is 15.3 Å². The average Bonchev–Trinajstić information content (AvgIpc) is 2.36. The van der Waals surface area contributed by atoms with E-state index in [9.17, 15) is 4.79 Å². The monoisotopic (exact) mass is 234 g/mol. The number of hydrogen-bond donors (Lipinski definition) is 1. The number of benzene rings is 1. The van der Waals surface area contributed by atoms with Gasteiger partial charge in [-0.2, -0.15) is 0 Å². The van der Waals surface area contributed by atoms with E-state index in [0.29, 0.717) is 6.61 Å². The van der Waals surface area contributed by atoms with Crippen LogP contribution in [0, 0.1) is 0 Å². The average molecular weight is 234 g/mol. The Labute approximate surface area is 99.5 Å². The maximum Gasteiger partial charge on any atom is 0.333 e. The molecule has 0 bridgehead atoms. The third kappa shape index (κ3) is 4.83. The van der Waals surface area contributed by atoms with Gasteiger partial charge in [-0.05, 0) is 6.92 Å². The summed E-state index contributed by atoms with van der Waals surface area (Å²) in [6.07, 6.45) is 2.25. The standard InChI is InChI=1S/C12H14N2O3/c1-2-16-11(15)8-9-17-14-12(13)10-6-4-3-5-7-10/h3-9H,2H2,1H3,(H2,13,14)/b9-8-. The van der Waals surface area contributed by atoms with Crippen molar-refractivity contribution in [1.82, 2.24) is 0 Å². The number of rotatable bonds is 5. The Morgan fingerprint density at radius 3 is 2.76 bits per heavy atom. The zero-order valence-corrected chi connectivity index (χ0v) is 9.50. The fraction of sp³-hybridized carbons (Fsp3) is 0.167. The van der Waals surface area contributed by atoms with Gasteiger partial charge in [0.2, 0.25) is 0 Å². The number of amidine groups is 1. The van der Waals surface area contributed by atoms with Crippen molar-refractivity contribution in [3.63, 3.8) is 0 Å². The number of ether oxygens (including phenoxy) is 1. The van der Waals surface area contributed by atoms with Gasteiger partial charge in [0.1, 0.15) is 6.26 Å². The third-order valence-electron chi connectivity index (χ3n) is 1.77. The van der Waals surface area contributed by atoms with Crippen LogP contribution < -0.4 is 5.73 Å². The van der Waals surface area contributed by atoms with Crippen LogP contribution in [0.1, 0.15) is 12.5 Å². The maximum absolute atomic E-state index is 10.9. The van der Waals surface area contributed by atoms with Crippen LogP contribution in [-0.4, -0.2) is 18.4 Å². The van der Waals surface area contributed by atoms with Crippen LogP contribution in [0.5, 0.6) is 0 Å². The summed E-state index contributed by atoms with van der Waals surface area (Å²) in [5.41, 5.74) is 6.39. The van der Waals surface area contributed by atoms with Gasteiger partial charge >= 0.3 is 5.97 Å². The topological polar surface area (TPSA) is 73.9 Å². The van der Waals surface area contributed by atoms with Crippen molar-refractivity contribution < 1.29 is 14.4 Å². The second-order valence-corrected chi connectivity index (χ2v) is 3.00. The highest BCUT2D eigenvalue weighted by molar-refractivity contribution is 5.96. The van der Waals surface area contributed by atoms with Crippen molar-refractivity contribution in [2.75, 3.05) is 6.61 Å². The summed E-state index contributed by atoms with van der Waals surface area (Å²) in [4.78, 5) is 15.6. The minimum Gasteiger partial charge on any atom is -0.463 e. The number of oxime groups is 1. The third-order valence-corrected chi connectivity index (χ3v) is 1.77. The molecule has 1 aromatic rings. The van der Waals surface area contributed by atoms with Crippen molar-refractivity contribution >= 4 is 11.8 Å². The van der Waals surface area contributed by atoms with Gasteiger partial charge in [0, 0.05) is 5.56 Å². The summed E-state index contributed by atoms with van der Waals surface area (Å²) in [6.45, 7) is 2.04. The number of nitrogens with two attached hydrogens (primary N) is 1. The van der Waals surface area contributed by atoms with E-state index in [1.165, 1.54) is 0 Å². The van der Waals surface area contributed by atoms with E-state index < -0.39 is 5.97 Å². The lowest BCUT2D eigenvalue weighted by Gasteiger charge is -1.98. The quantitative estimate of drug-likeness (QED) is 0.209. The van der Waals surface area contributed by atoms with Crippen molar-refractivity contribution in [2.45, 2.75) is 6.92 Å². The first kappa shape index (κ1) is 12.8. The minimum atomic E-state index is -0.485. The Balaban J connectivity index is 2.47. The summed E-state index contributed by atoms with van der Waals surface area (Å²) in [5, 5.41) is 3.63. The first-order chi connectivity index (χ1) is 8.24. The van der Waals surface area contributed by atoms with Crippen LogP contribution in [0.15, 0.2) is 47.8 Å². The van der Waals surface area contributed by atoms with Crippen molar-refractivity contribution in [3.05, 3.63) is 48.2 Å². The highest BCUT2D eigenvalue weighted by Gasteiger charge is 1.96. The van der Waals surface area contributed by atoms with Gasteiger partial charge in [-0.1, -0.05) is 35.5 Å². The van der Waals surface area contributed by atoms with E-state index in [1.54, 1.807) is 19.1 Å². The van der Waals surface area contributed by atoms with E-state index in [1.807, 2.05) is 18.2 Å². The molecule has 1 aromatic carbocycles. The molecule has 0 radical (unpaired) electrons. The van der Waals surface area contributed by atoms with E-state index >= 15 is 0 Å². The zero-order valence-electron chi connectivity index (χ0n) is 9.50. The molecule has 90 valence electrons. The first-order valence-electron chi connectivity index (χ1n) is 5.12. The molecule has 5 heteroatoms. The van der Waals surface area contributed by atoms with E-state index in [0.717, 1.165) is 17.9 Å². The summed E-state index contributed by atoms with van der Waals surface area (Å²) in [6, 6.07) is 9.16. The predicted molar refractivity (Wildman–Crippen MR) is 64.0 cm³/mol. The number of carbonyl (C=O) groups excluding carboxylic acids is 1. The molecule has 1 rings (SSSR count). The molecule has 0 heterocycles. The molecule has 17 heavy (non-hydrogen) atoms. The molecule has 0 aromatic heterocycles. The van der Waals surface area contributed by atoms with Gasteiger partial charge in [-0.25, -0.2) is 4.79 Å². The molecule has 0 aliphatic carbocycles. The second-order valence-electron chi connectivity index (χ2n) is 3.00. The van der Waals surface area contributed by atoms with Gasteiger partial charge in [0.05, 0.1) is 12.7 Å². The maximum atomic E-state index is 10.9. The van der Waals surface area contributed by atoms with Crippen molar-refractivity contribution in [2.24, 2.45) is 10.9 Å². The van der Waals surface area contributed by atoms with Crippen molar-refractivity contribution in [3.8, 4) is 0 Å². The molecule has 0 unspecified atom stereocenters. The Kier molecular flexibility index (Phi) is 5.30. The van der Waals surface area contributed by atoms with Gasteiger partial charge in [-0.15, -0.1) is 0 Å². The van der Waals surface area contributed by atoms with Crippen LogP contribution in [0.25, 0.3) is 0 Å². The van der Waals surface area contributed by atoms with Crippen LogP contribution in [-0.2, 0) is 14.4 Å². The fourth-order valence-corrected chi connectivity index (χ4v) is 1.03. The SMILES string of the molecule is CCOC(=O)/C=C\O/N=C(\N)c1ccccc1. The molecule has 5 nitrogen and oxygen atoms in total. The van der Waals surface area contributed by atoms with Gasteiger partial charge in [0.15, 0.2) is 5.84 Å². The van der Waals surface area contributed by atoms with E-state index in [-0.39, 0.29) is 5.84 Å². The van der Waals surface area contributed by atoms with Crippen LogP contribution in [0.2, 0.25) is 0 Å². The molecule has 0 aliphatic rings. The molecule has 0 saturated carbocycles. The molecule has 0 atom stereocenters. The lowest BCUT2D eigenvalue weighted by molar-refractivity contribution is -0.137. The Morgan fingerprint density at radius 1 is 1.41 bits per heavy atom. The summed E-state index contributed by atoms with van der Waals surface area (Å²) < 4.78 is 4.65. The molecule has 0 spiro atoms. The number of esters is 1. The zero-order chi connectivity index (χ0) is 12.5. The smallest absolute Gasteiger partial charge is 0.333 e. The molecule has 0 saturated heterocycles. The van der Waals surface area contributed by atoms with Crippen LogP contribution in [0.4, 0.5) is 0 Å². The molecule has 0 fully saturated rings. The number of hydrogen-bond acceptors (Lipinski definition) is 4. The van der Waals surface area contributed by atoms with Crippen molar-refractivity contribution in [1.29, 1.82) is 0 Å². The molecule has 2 N–H and O–H groups in total. The number of carbonyl (C=O) groups is 1. The largest absolute Gasteiger partial charge is 0.463 e.